The molecular formula is C10H20F2N2O2. The van der Waals surface area contributed by atoms with Gasteiger partial charge in [-0.1, -0.05) is 13.3 Å². The van der Waals surface area contributed by atoms with E-state index in [1.165, 1.54) is 0 Å². The van der Waals surface area contributed by atoms with Crippen LogP contribution in [0.5, 0.6) is 0 Å². The normalized spacial score (nSPS) is 13.6. The standard InChI is InChI=1S/C10H20F2N2O2/c1-3-4-8(2)14-9(16)5-13-6-10(11,12)7-15/h8,13,15H,3-7H2,1-2H3,(H,14,16). The van der Waals surface area contributed by atoms with Gasteiger partial charge in [0.1, 0.15) is 6.61 Å². The number of aliphatic hydroxyl groups is 1. The molecule has 0 aliphatic rings. The van der Waals surface area contributed by atoms with Crippen molar-refractivity contribution in [1.82, 2.24) is 10.6 Å². The third-order valence-electron chi connectivity index (χ3n) is 2.03. The minimum atomic E-state index is -3.17. The molecule has 0 spiro atoms. The van der Waals surface area contributed by atoms with Crippen molar-refractivity contribution in [3.8, 4) is 0 Å². The van der Waals surface area contributed by atoms with Crippen LogP contribution >= 0.6 is 0 Å². The zero-order chi connectivity index (χ0) is 12.6. The summed E-state index contributed by atoms with van der Waals surface area (Å²) in [4.78, 5) is 11.2. The molecular weight excluding hydrogens is 218 g/mol. The molecule has 0 aliphatic carbocycles. The van der Waals surface area contributed by atoms with Gasteiger partial charge in [0.2, 0.25) is 5.91 Å². The number of hydrogen-bond acceptors (Lipinski definition) is 3. The maximum absolute atomic E-state index is 12.5. The summed E-state index contributed by atoms with van der Waals surface area (Å²) in [5.74, 6) is -3.48. The number of rotatable bonds is 8. The molecule has 0 saturated heterocycles. The number of carbonyl (C=O) groups excluding carboxylic acids is 1. The van der Waals surface area contributed by atoms with Crippen LogP contribution in [-0.4, -0.2) is 42.7 Å². The summed E-state index contributed by atoms with van der Waals surface area (Å²) >= 11 is 0. The topological polar surface area (TPSA) is 61.4 Å². The first kappa shape index (κ1) is 15.2. The molecule has 0 fully saturated rings. The summed E-state index contributed by atoms with van der Waals surface area (Å²) in [7, 11) is 0. The zero-order valence-electron chi connectivity index (χ0n) is 9.72. The van der Waals surface area contributed by atoms with Crippen LogP contribution in [-0.2, 0) is 4.79 Å². The average Bonchev–Trinajstić information content (AvgIpc) is 2.17. The lowest BCUT2D eigenvalue weighted by Crippen LogP contribution is -2.43. The van der Waals surface area contributed by atoms with Crippen LogP contribution in [0.3, 0.4) is 0 Å². The first-order valence-electron chi connectivity index (χ1n) is 5.40. The maximum atomic E-state index is 12.5. The van der Waals surface area contributed by atoms with E-state index in [2.05, 4.69) is 10.6 Å². The van der Waals surface area contributed by atoms with Gasteiger partial charge in [0.15, 0.2) is 0 Å². The molecule has 0 aromatic carbocycles. The molecule has 0 aromatic rings. The summed E-state index contributed by atoms with van der Waals surface area (Å²) in [6, 6.07) is 0.0534. The number of halogens is 2. The van der Waals surface area contributed by atoms with Crippen molar-refractivity contribution in [1.29, 1.82) is 0 Å². The summed E-state index contributed by atoms with van der Waals surface area (Å²) in [6.07, 6.45) is 1.82. The largest absolute Gasteiger partial charge is 0.390 e. The zero-order valence-corrected chi connectivity index (χ0v) is 9.72. The number of nitrogens with one attached hydrogen (secondary N) is 2. The third kappa shape index (κ3) is 7.53. The van der Waals surface area contributed by atoms with Crippen molar-refractivity contribution in [3.63, 3.8) is 0 Å². The molecule has 4 nitrogen and oxygen atoms in total. The van der Waals surface area contributed by atoms with Crippen LogP contribution in [0.1, 0.15) is 26.7 Å². The lowest BCUT2D eigenvalue weighted by molar-refractivity contribution is -0.121. The molecule has 1 amide bonds. The minimum Gasteiger partial charge on any atom is -0.390 e. The van der Waals surface area contributed by atoms with Crippen molar-refractivity contribution in [2.75, 3.05) is 19.7 Å². The summed E-state index contributed by atoms with van der Waals surface area (Å²) in [6.45, 7) is 1.79. The molecule has 0 bridgehead atoms. The van der Waals surface area contributed by atoms with Crippen LogP contribution in [0, 0.1) is 0 Å². The van der Waals surface area contributed by atoms with E-state index < -0.39 is 19.1 Å². The number of alkyl halides is 2. The summed E-state index contributed by atoms with van der Waals surface area (Å²) in [5.41, 5.74) is 0. The highest BCUT2D eigenvalue weighted by atomic mass is 19.3. The van der Waals surface area contributed by atoms with E-state index in [9.17, 15) is 13.6 Å². The van der Waals surface area contributed by atoms with Crippen LogP contribution in [0.4, 0.5) is 8.78 Å². The molecule has 0 aromatic heterocycles. The Kier molecular flexibility index (Phi) is 7.16. The second kappa shape index (κ2) is 7.51. The second-order valence-corrected chi connectivity index (χ2v) is 3.87. The van der Waals surface area contributed by atoms with Crippen molar-refractivity contribution < 1.29 is 18.7 Å². The molecule has 0 saturated carbocycles. The Morgan fingerprint density at radius 3 is 2.62 bits per heavy atom. The van der Waals surface area contributed by atoms with E-state index in [-0.39, 0.29) is 18.5 Å². The van der Waals surface area contributed by atoms with Gasteiger partial charge in [-0.3, -0.25) is 4.79 Å². The van der Waals surface area contributed by atoms with Crippen molar-refractivity contribution in [2.45, 2.75) is 38.7 Å². The smallest absolute Gasteiger partial charge is 0.282 e. The van der Waals surface area contributed by atoms with Gasteiger partial charge < -0.3 is 15.7 Å². The van der Waals surface area contributed by atoms with Crippen LogP contribution < -0.4 is 10.6 Å². The molecule has 16 heavy (non-hydrogen) atoms. The molecule has 0 rings (SSSR count). The second-order valence-electron chi connectivity index (χ2n) is 3.87. The highest BCUT2D eigenvalue weighted by Crippen LogP contribution is 2.09. The monoisotopic (exact) mass is 238 g/mol. The lowest BCUT2D eigenvalue weighted by atomic mass is 10.2. The van der Waals surface area contributed by atoms with Gasteiger partial charge in [-0.25, -0.2) is 8.78 Å². The third-order valence-corrected chi connectivity index (χ3v) is 2.03. The van der Waals surface area contributed by atoms with E-state index in [4.69, 9.17) is 5.11 Å². The minimum absolute atomic E-state index is 0.0534. The Morgan fingerprint density at radius 1 is 1.50 bits per heavy atom. The average molecular weight is 238 g/mol. The molecule has 0 aliphatic heterocycles. The molecule has 1 atom stereocenters. The Labute approximate surface area is 94.4 Å². The first-order chi connectivity index (χ1) is 7.41. The van der Waals surface area contributed by atoms with Crippen LogP contribution in [0.15, 0.2) is 0 Å². The quantitative estimate of drug-likeness (QED) is 0.577. The molecule has 96 valence electrons. The van der Waals surface area contributed by atoms with Gasteiger partial charge in [-0.05, 0) is 13.3 Å². The van der Waals surface area contributed by atoms with Gasteiger partial charge in [0, 0.05) is 6.04 Å². The number of aliphatic hydroxyl groups excluding tert-OH is 1. The fourth-order valence-corrected chi connectivity index (χ4v) is 1.25. The predicted molar refractivity (Wildman–Crippen MR) is 57.4 cm³/mol. The fraction of sp³-hybridized carbons (Fsp3) is 0.900. The van der Waals surface area contributed by atoms with Crippen molar-refractivity contribution in [2.24, 2.45) is 0 Å². The Balaban J connectivity index is 3.66. The molecule has 1 unspecified atom stereocenters. The Bertz CT molecular complexity index is 213. The molecule has 0 radical (unpaired) electrons. The lowest BCUT2D eigenvalue weighted by Gasteiger charge is -2.15. The number of carbonyl (C=O) groups is 1. The van der Waals surface area contributed by atoms with E-state index in [1.54, 1.807) is 0 Å². The summed E-state index contributed by atoms with van der Waals surface area (Å²) < 4.78 is 25.1. The SMILES string of the molecule is CCCC(C)NC(=O)CNCC(F)(F)CO. The van der Waals surface area contributed by atoms with Crippen molar-refractivity contribution >= 4 is 5.91 Å². The first-order valence-corrected chi connectivity index (χ1v) is 5.40. The van der Waals surface area contributed by atoms with E-state index in [0.29, 0.717) is 0 Å². The Morgan fingerprint density at radius 2 is 2.12 bits per heavy atom. The van der Waals surface area contributed by atoms with Crippen LogP contribution in [0.25, 0.3) is 0 Å². The summed E-state index contributed by atoms with van der Waals surface area (Å²) in [5, 5.41) is 13.3. The van der Waals surface area contributed by atoms with E-state index in [1.807, 2.05) is 13.8 Å². The highest BCUT2D eigenvalue weighted by Gasteiger charge is 2.27. The van der Waals surface area contributed by atoms with E-state index >= 15 is 0 Å². The fourth-order valence-electron chi connectivity index (χ4n) is 1.25. The van der Waals surface area contributed by atoms with E-state index in [0.717, 1.165) is 12.8 Å². The molecule has 6 heteroatoms. The maximum Gasteiger partial charge on any atom is 0.282 e. The van der Waals surface area contributed by atoms with Gasteiger partial charge >= 0.3 is 0 Å². The molecule has 0 heterocycles. The van der Waals surface area contributed by atoms with Gasteiger partial charge in [-0.15, -0.1) is 0 Å². The van der Waals surface area contributed by atoms with Gasteiger partial charge in [-0.2, -0.15) is 0 Å². The highest BCUT2D eigenvalue weighted by molar-refractivity contribution is 5.78. The molecule has 3 N–H and O–H groups in total. The Hall–Kier alpha value is -0.750. The van der Waals surface area contributed by atoms with Crippen molar-refractivity contribution in [3.05, 3.63) is 0 Å². The van der Waals surface area contributed by atoms with Gasteiger partial charge in [0.25, 0.3) is 5.92 Å². The van der Waals surface area contributed by atoms with Gasteiger partial charge in [0.05, 0.1) is 13.1 Å². The number of amides is 1. The number of hydrogen-bond donors (Lipinski definition) is 3. The van der Waals surface area contributed by atoms with Crippen LogP contribution in [0.2, 0.25) is 0 Å². The predicted octanol–water partition coefficient (Wildman–Crippen LogP) is 0.508.